The van der Waals surface area contributed by atoms with Crippen LogP contribution in [0.4, 0.5) is 4.79 Å². The first-order chi connectivity index (χ1) is 15.7. The molecule has 5 rings (SSSR count). The van der Waals surface area contributed by atoms with Crippen LogP contribution in [0.5, 0.6) is 0 Å². The monoisotopic (exact) mass is 469 g/mol. The molecular weight excluding hydrogens is 442 g/mol. The number of piperazine rings is 1. The lowest BCUT2D eigenvalue weighted by Crippen LogP contribution is -2.52. The molecule has 3 aromatic rings. The molecule has 1 atom stereocenters. The lowest BCUT2D eigenvalue weighted by atomic mass is 9.93. The van der Waals surface area contributed by atoms with Crippen molar-refractivity contribution in [3.05, 3.63) is 74.7 Å². The van der Waals surface area contributed by atoms with Gasteiger partial charge in [-0.05, 0) is 37.0 Å². The third-order valence-corrected chi connectivity index (χ3v) is 7.62. The van der Waals surface area contributed by atoms with Crippen molar-refractivity contribution in [2.45, 2.75) is 38.4 Å². The van der Waals surface area contributed by atoms with E-state index in [-0.39, 0.29) is 12.1 Å². The quantitative estimate of drug-likeness (QED) is 0.596. The number of hydrogen-bond donors (Lipinski definition) is 1. The van der Waals surface area contributed by atoms with E-state index < -0.39 is 0 Å². The van der Waals surface area contributed by atoms with Crippen molar-refractivity contribution >= 4 is 29.0 Å². The molecule has 0 bridgehead atoms. The summed E-state index contributed by atoms with van der Waals surface area (Å²) in [6.45, 7) is 4.94. The molecule has 1 aliphatic carbocycles. The molecule has 8 heteroatoms. The summed E-state index contributed by atoms with van der Waals surface area (Å²) < 4.78 is 2.93. The number of hydrogen-bond acceptors (Lipinski definition) is 4. The zero-order valence-electron chi connectivity index (χ0n) is 18.0. The van der Waals surface area contributed by atoms with Crippen LogP contribution in [0.25, 0.3) is 0 Å². The summed E-state index contributed by atoms with van der Waals surface area (Å²) in [5.74, 6) is 0. The lowest BCUT2D eigenvalue weighted by molar-refractivity contribution is 0.133. The number of carbonyl (C=O) groups excluding carboxylic acids is 1. The third kappa shape index (κ3) is 4.85. The summed E-state index contributed by atoms with van der Waals surface area (Å²) in [4.78, 5) is 18.6. The van der Waals surface area contributed by atoms with Gasteiger partial charge in [-0.2, -0.15) is 5.10 Å². The van der Waals surface area contributed by atoms with Crippen molar-refractivity contribution in [3.8, 4) is 0 Å². The van der Waals surface area contributed by atoms with Gasteiger partial charge in [-0.15, -0.1) is 11.3 Å². The minimum atomic E-state index is 0.0393. The van der Waals surface area contributed by atoms with Crippen molar-refractivity contribution in [3.63, 3.8) is 0 Å². The van der Waals surface area contributed by atoms with Crippen LogP contribution in [-0.2, 0) is 19.5 Å². The Morgan fingerprint density at radius 3 is 2.66 bits per heavy atom. The van der Waals surface area contributed by atoms with Crippen LogP contribution >= 0.6 is 22.9 Å². The van der Waals surface area contributed by atoms with E-state index in [4.69, 9.17) is 11.6 Å². The van der Waals surface area contributed by atoms with E-state index in [1.807, 2.05) is 23.2 Å². The molecular formula is C24H28ClN5OS. The first-order valence-electron chi connectivity index (χ1n) is 11.3. The molecule has 6 nitrogen and oxygen atoms in total. The zero-order chi connectivity index (χ0) is 21.9. The van der Waals surface area contributed by atoms with Crippen molar-refractivity contribution in [1.29, 1.82) is 0 Å². The molecule has 168 valence electrons. The van der Waals surface area contributed by atoms with Crippen LogP contribution in [0.15, 0.2) is 48.7 Å². The molecule has 32 heavy (non-hydrogen) atoms. The van der Waals surface area contributed by atoms with Gasteiger partial charge in [0.25, 0.3) is 0 Å². The number of nitrogens with one attached hydrogen (secondary N) is 1. The van der Waals surface area contributed by atoms with Crippen molar-refractivity contribution in [2.24, 2.45) is 0 Å². The highest BCUT2D eigenvalue weighted by Gasteiger charge is 2.28. The van der Waals surface area contributed by atoms with E-state index in [0.717, 1.165) is 62.9 Å². The molecule has 1 fully saturated rings. The van der Waals surface area contributed by atoms with Crippen LogP contribution in [0, 0.1) is 0 Å². The second-order valence-corrected chi connectivity index (χ2v) is 10.4. The molecule has 1 N–H and O–H groups in total. The summed E-state index contributed by atoms with van der Waals surface area (Å²) in [5.41, 5.74) is 3.67. The number of urea groups is 1. The van der Waals surface area contributed by atoms with Gasteiger partial charge in [-0.1, -0.05) is 41.9 Å². The van der Waals surface area contributed by atoms with Crippen LogP contribution in [0.2, 0.25) is 4.34 Å². The molecule has 2 aliphatic rings. The summed E-state index contributed by atoms with van der Waals surface area (Å²) >= 11 is 7.68. The average Bonchev–Trinajstić information content (AvgIpc) is 3.41. The Balaban J connectivity index is 1.17. The molecule has 1 aromatic carbocycles. The molecule has 2 amide bonds. The fraction of sp³-hybridized carbons (Fsp3) is 0.417. The predicted molar refractivity (Wildman–Crippen MR) is 128 cm³/mol. The maximum absolute atomic E-state index is 13.0. The minimum absolute atomic E-state index is 0.0393. The van der Waals surface area contributed by atoms with Crippen LogP contribution in [0.3, 0.4) is 0 Å². The maximum atomic E-state index is 13.0. The number of halogens is 1. The fourth-order valence-electron chi connectivity index (χ4n) is 4.67. The Morgan fingerprint density at radius 2 is 1.91 bits per heavy atom. The van der Waals surface area contributed by atoms with Crippen molar-refractivity contribution in [2.75, 3.05) is 26.2 Å². The zero-order valence-corrected chi connectivity index (χ0v) is 19.6. The summed E-state index contributed by atoms with van der Waals surface area (Å²) in [7, 11) is 0. The van der Waals surface area contributed by atoms with Gasteiger partial charge < -0.3 is 10.2 Å². The predicted octanol–water partition coefficient (Wildman–Crippen LogP) is 4.55. The Bertz CT molecular complexity index is 1060. The van der Waals surface area contributed by atoms with E-state index in [0.29, 0.717) is 0 Å². The standard InChI is InChI=1S/C24H28ClN5OS/c25-23-10-9-19(32-23)17-28-11-13-29(14-12-28)24(31)27-21-7-4-8-22-20(21)15-26-30(22)16-18-5-2-1-3-6-18/h1-3,5-6,9-10,15,21H,4,7-8,11-14,16-17H2,(H,27,31). The van der Waals surface area contributed by atoms with E-state index in [1.54, 1.807) is 11.3 Å². The molecule has 1 saturated heterocycles. The molecule has 1 aliphatic heterocycles. The number of carbonyl (C=O) groups is 1. The Labute approximate surface area is 197 Å². The second kappa shape index (κ2) is 9.65. The van der Waals surface area contributed by atoms with Gasteiger partial charge in [0.1, 0.15) is 0 Å². The van der Waals surface area contributed by atoms with E-state index in [9.17, 15) is 4.79 Å². The number of aromatic nitrogens is 2. The topological polar surface area (TPSA) is 53.4 Å². The highest BCUT2D eigenvalue weighted by molar-refractivity contribution is 7.16. The molecule has 0 spiro atoms. The lowest BCUT2D eigenvalue weighted by Gasteiger charge is -2.35. The van der Waals surface area contributed by atoms with E-state index in [1.165, 1.54) is 21.7 Å². The van der Waals surface area contributed by atoms with Gasteiger partial charge in [-0.3, -0.25) is 9.58 Å². The normalized spacial score (nSPS) is 19.0. The van der Waals surface area contributed by atoms with Crippen LogP contribution in [-0.4, -0.2) is 51.8 Å². The Hall–Kier alpha value is -2.35. The van der Waals surface area contributed by atoms with Crippen LogP contribution < -0.4 is 5.32 Å². The van der Waals surface area contributed by atoms with Crippen molar-refractivity contribution < 1.29 is 4.79 Å². The maximum Gasteiger partial charge on any atom is 0.317 e. The fourth-order valence-corrected chi connectivity index (χ4v) is 5.80. The van der Waals surface area contributed by atoms with E-state index >= 15 is 0 Å². The molecule has 1 unspecified atom stereocenters. The Morgan fingerprint density at radius 1 is 1.09 bits per heavy atom. The highest BCUT2D eigenvalue weighted by atomic mass is 35.5. The third-order valence-electron chi connectivity index (χ3n) is 6.40. The largest absolute Gasteiger partial charge is 0.331 e. The number of nitrogens with zero attached hydrogens (tertiary/aromatic N) is 4. The van der Waals surface area contributed by atoms with Gasteiger partial charge in [0.2, 0.25) is 0 Å². The highest BCUT2D eigenvalue weighted by Crippen LogP contribution is 2.30. The summed E-state index contributed by atoms with van der Waals surface area (Å²) in [6, 6.07) is 14.5. The second-order valence-electron chi connectivity index (χ2n) is 8.55. The van der Waals surface area contributed by atoms with Crippen molar-refractivity contribution in [1.82, 2.24) is 24.9 Å². The van der Waals surface area contributed by atoms with Gasteiger partial charge in [0.05, 0.1) is 23.1 Å². The van der Waals surface area contributed by atoms with Crippen LogP contribution in [0.1, 0.15) is 40.6 Å². The SMILES string of the molecule is O=C(NC1CCCc2c1cnn2Cc1ccccc1)N1CCN(Cc2ccc(Cl)s2)CC1. The number of amides is 2. The number of thiophene rings is 1. The van der Waals surface area contributed by atoms with Gasteiger partial charge in [-0.25, -0.2) is 4.79 Å². The number of rotatable bonds is 5. The smallest absolute Gasteiger partial charge is 0.317 e. The molecule has 3 heterocycles. The number of fused-ring (bicyclic) bond motifs is 1. The molecule has 0 radical (unpaired) electrons. The molecule has 2 aromatic heterocycles. The van der Waals surface area contributed by atoms with E-state index in [2.05, 4.69) is 50.3 Å². The summed E-state index contributed by atoms with van der Waals surface area (Å²) in [5, 5.41) is 7.94. The summed E-state index contributed by atoms with van der Waals surface area (Å²) in [6.07, 6.45) is 5.00. The number of benzene rings is 1. The Kier molecular flexibility index (Phi) is 6.48. The molecule has 0 saturated carbocycles. The minimum Gasteiger partial charge on any atom is -0.331 e. The first kappa shape index (κ1) is 21.5. The first-order valence-corrected chi connectivity index (χ1v) is 12.5. The van der Waals surface area contributed by atoms with Gasteiger partial charge in [0, 0.05) is 48.9 Å². The van der Waals surface area contributed by atoms with Gasteiger partial charge >= 0.3 is 6.03 Å². The van der Waals surface area contributed by atoms with Gasteiger partial charge in [0.15, 0.2) is 0 Å². The average molecular weight is 470 g/mol.